The van der Waals surface area contributed by atoms with Gasteiger partial charge in [0.1, 0.15) is 0 Å². The molecule has 4 rings (SSSR count). The van der Waals surface area contributed by atoms with Crippen LogP contribution in [0.1, 0.15) is 58.1 Å². The number of aliphatic hydroxyl groups is 1. The summed E-state index contributed by atoms with van der Waals surface area (Å²) in [6, 6.07) is 14.9. The molecule has 2 aromatic carbocycles. The minimum atomic E-state index is -3.45. The second-order valence-electron chi connectivity index (χ2n) is 12.9. The molecule has 44 heavy (non-hydrogen) atoms. The van der Waals surface area contributed by atoms with Gasteiger partial charge in [0.2, 0.25) is 14.3 Å². The van der Waals surface area contributed by atoms with Crippen molar-refractivity contribution in [3.8, 4) is 0 Å². The number of carbonyl (C=O) groups is 2. The van der Waals surface area contributed by atoms with Gasteiger partial charge in [-0.05, 0) is 70.5 Å². The van der Waals surface area contributed by atoms with E-state index in [1.807, 2.05) is 43.3 Å². The third kappa shape index (κ3) is 7.20. The predicted octanol–water partition coefficient (Wildman–Crippen LogP) is 7.57. The lowest BCUT2D eigenvalue weighted by molar-refractivity contribution is -0.149. The first kappa shape index (κ1) is 34.1. The fourth-order valence-corrected chi connectivity index (χ4v) is 9.52. The summed E-state index contributed by atoms with van der Waals surface area (Å²) in [7, 11) is -3.45. The third-order valence-electron chi connectivity index (χ3n) is 8.95. The van der Waals surface area contributed by atoms with Crippen molar-refractivity contribution >= 4 is 37.5 Å². The molecule has 1 N–H and O–H groups in total. The van der Waals surface area contributed by atoms with Gasteiger partial charge in [-0.15, -0.1) is 0 Å². The molecule has 1 fully saturated rings. The average Bonchev–Trinajstić information content (AvgIpc) is 3.37. The van der Waals surface area contributed by atoms with Crippen LogP contribution in [0.2, 0.25) is 23.7 Å². The molecule has 0 aliphatic carbocycles. The van der Waals surface area contributed by atoms with E-state index in [0.717, 1.165) is 18.4 Å². The number of fused-ring (bicyclic) bond motifs is 2. The zero-order valence-electron chi connectivity index (χ0n) is 26.8. The summed E-state index contributed by atoms with van der Waals surface area (Å²) in [5.74, 6) is -1.01. The summed E-state index contributed by atoms with van der Waals surface area (Å²) in [6.45, 7) is 12.0. The van der Waals surface area contributed by atoms with Crippen molar-refractivity contribution in [2.24, 2.45) is 5.92 Å². The molecule has 6 nitrogen and oxygen atoms in total. The monoisotopic (exact) mass is 640 g/mol. The summed E-state index contributed by atoms with van der Waals surface area (Å²) in [5, 5.41) is 10.2. The van der Waals surface area contributed by atoms with Crippen LogP contribution < -0.4 is 4.90 Å². The SMILES string of the molecule is CC(C)=CCC/C(C)=C/CN1C(=O)[C@]2(O[C@H](CC(=O)N(CCO)Cc3ccccc3)[C@@H]([Si](C)(C)F)[C@@H]2C)c2cc(Cl)ccc21. The molecule has 1 saturated heterocycles. The maximum atomic E-state index is 16.2. The fraction of sp³-hybridized carbons (Fsp3) is 0.486. The number of carbonyl (C=O) groups excluding carboxylic acids is 2. The number of rotatable bonds is 12. The molecule has 2 aliphatic heterocycles. The number of anilines is 1. The lowest BCUT2D eigenvalue weighted by Gasteiger charge is -2.31. The Hall–Kier alpha value is -2.78. The predicted molar refractivity (Wildman–Crippen MR) is 178 cm³/mol. The van der Waals surface area contributed by atoms with Crippen molar-refractivity contribution < 1.29 is 23.5 Å². The number of allylic oxidation sites excluding steroid dienone is 3. The Balaban J connectivity index is 1.66. The summed E-state index contributed by atoms with van der Waals surface area (Å²) in [6.07, 6.45) is 5.19. The minimum absolute atomic E-state index is 0.0868. The Labute approximate surface area is 267 Å². The zero-order valence-corrected chi connectivity index (χ0v) is 28.5. The molecule has 4 atom stereocenters. The van der Waals surface area contributed by atoms with Crippen LogP contribution in [0.5, 0.6) is 0 Å². The van der Waals surface area contributed by atoms with Gasteiger partial charge in [-0.3, -0.25) is 9.59 Å². The Morgan fingerprint density at radius 3 is 2.50 bits per heavy atom. The van der Waals surface area contributed by atoms with Gasteiger partial charge in [0.25, 0.3) is 5.91 Å². The van der Waals surface area contributed by atoms with Gasteiger partial charge >= 0.3 is 0 Å². The first-order chi connectivity index (χ1) is 20.8. The van der Waals surface area contributed by atoms with E-state index in [2.05, 4.69) is 32.9 Å². The van der Waals surface area contributed by atoms with Gasteiger partial charge in [0.05, 0.1) is 24.8 Å². The molecular formula is C35H46ClFN2O4Si. The number of halogens is 2. The van der Waals surface area contributed by atoms with Gasteiger partial charge in [0, 0.05) is 41.7 Å². The normalized spacial score (nSPS) is 23.3. The van der Waals surface area contributed by atoms with Gasteiger partial charge in [-0.1, -0.05) is 72.2 Å². The number of amides is 2. The first-order valence-corrected chi connectivity index (χ1v) is 18.8. The van der Waals surface area contributed by atoms with Gasteiger partial charge in [0.15, 0.2) is 5.60 Å². The van der Waals surface area contributed by atoms with E-state index in [1.165, 1.54) is 11.1 Å². The molecule has 2 amide bonds. The highest BCUT2D eigenvalue weighted by molar-refractivity contribution is 6.72. The van der Waals surface area contributed by atoms with E-state index in [4.69, 9.17) is 16.3 Å². The second kappa shape index (κ2) is 14.1. The molecular weight excluding hydrogens is 595 g/mol. The van der Waals surface area contributed by atoms with Gasteiger partial charge in [-0.25, -0.2) is 0 Å². The number of ether oxygens (including phenoxy) is 1. The lowest BCUT2D eigenvalue weighted by atomic mass is 9.82. The molecule has 9 heteroatoms. The van der Waals surface area contributed by atoms with Crippen LogP contribution in [-0.2, 0) is 26.5 Å². The van der Waals surface area contributed by atoms with E-state index in [1.54, 1.807) is 35.0 Å². The Kier molecular flexibility index (Phi) is 10.9. The van der Waals surface area contributed by atoms with Crippen LogP contribution in [0, 0.1) is 5.92 Å². The topological polar surface area (TPSA) is 70.1 Å². The maximum Gasteiger partial charge on any atom is 0.264 e. The molecule has 2 aromatic rings. The molecule has 0 unspecified atom stereocenters. The third-order valence-corrected chi connectivity index (χ3v) is 11.6. The van der Waals surface area contributed by atoms with Crippen LogP contribution in [-0.4, -0.2) is 56.0 Å². The Bertz CT molecular complexity index is 1410. The maximum absolute atomic E-state index is 16.2. The summed E-state index contributed by atoms with van der Waals surface area (Å²) < 4.78 is 23.0. The first-order valence-electron chi connectivity index (χ1n) is 15.5. The van der Waals surface area contributed by atoms with Crippen molar-refractivity contribution in [1.29, 1.82) is 0 Å². The molecule has 0 bridgehead atoms. The molecule has 0 saturated carbocycles. The molecule has 2 aliphatic rings. The minimum Gasteiger partial charge on any atom is -0.395 e. The Morgan fingerprint density at radius 2 is 1.86 bits per heavy atom. The van der Waals surface area contributed by atoms with Crippen LogP contribution in [0.4, 0.5) is 9.80 Å². The number of benzene rings is 2. The highest BCUT2D eigenvalue weighted by Crippen LogP contribution is 2.60. The largest absolute Gasteiger partial charge is 0.395 e. The molecule has 1 spiro atoms. The van der Waals surface area contributed by atoms with Crippen LogP contribution in [0.25, 0.3) is 0 Å². The summed E-state index contributed by atoms with van der Waals surface area (Å²) in [4.78, 5) is 31.5. The Morgan fingerprint density at radius 1 is 1.16 bits per heavy atom. The average molecular weight is 641 g/mol. The van der Waals surface area contributed by atoms with E-state index in [0.29, 0.717) is 29.4 Å². The smallest absolute Gasteiger partial charge is 0.264 e. The second-order valence-corrected chi connectivity index (χ2v) is 17.2. The standard InChI is InChI=1S/C35H46ClFN2O4Si/c1-24(2)11-10-12-25(3)17-18-39-30-16-15-28(36)21-29(30)35(34(39)42)26(4)33(44(5,6)37)31(43-35)22-32(41)38(19-20-40)23-27-13-8-7-9-14-27/h7-9,11,13-17,21,26,31,33,40H,10,12,18-20,22-23H2,1-6H3/b25-17+/t26-,31+,33-,35+/m0/s1. The lowest BCUT2D eigenvalue weighted by Crippen LogP contribution is -2.45. The highest BCUT2D eigenvalue weighted by Gasteiger charge is 2.67. The van der Waals surface area contributed by atoms with Crippen molar-refractivity contribution in [2.75, 3.05) is 24.6 Å². The summed E-state index contributed by atoms with van der Waals surface area (Å²) in [5.41, 5.74) is 2.65. The van der Waals surface area contributed by atoms with E-state index in [-0.39, 0.29) is 31.4 Å². The number of nitrogens with zero attached hydrogens (tertiary/aromatic N) is 2. The van der Waals surface area contributed by atoms with Crippen LogP contribution in [0.15, 0.2) is 71.8 Å². The summed E-state index contributed by atoms with van der Waals surface area (Å²) >= 11 is 6.49. The molecule has 2 heterocycles. The van der Waals surface area contributed by atoms with Crippen molar-refractivity contribution in [3.05, 3.63) is 88.0 Å². The van der Waals surface area contributed by atoms with Crippen LogP contribution >= 0.6 is 11.6 Å². The number of hydrogen-bond donors (Lipinski definition) is 1. The van der Waals surface area contributed by atoms with E-state index < -0.39 is 31.6 Å². The quantitative estimate of drug-likeness (QED) is 0.148. The van der Waals surface area contributed by atoms with Crippen molar-refractivity contribution in [3.63, 3.8) is 0 Å². The highest BCUT2D eigenvalue weighted by atomic mass is 35.5. The van der Waals surface area contributed by atoms with E-state index in [9.17, 15) is 14.7 Å². The van der Waals surface area contributed by atoms with Gasteiger partial charge < -0.3 is 23.8 Å². The number of aliphatic hydroxyl groups excluding tert-OH is 1. The molecule has 0 aromatic heterocycles. The number of hydrogen-bond acceptors (Lipinski definition) is 4. The zero-order chi connectivity index (χ0) is 32.2. The van der Waals surface area contributed by atoms with Crippen molar-refractivity contribution in [2.45, 2.75) is 83.8 Å². The van der Waals surface area contributed by atoms with Gasteiger partial charge in [-0.2, -0.15) is 0 Å². The fourth-order valence-electron chi connectivity index (χ4n) is 6.86. The van der Waals surface area contributed by atoms with Crippen molar-refractivity contribution in [1.82, 2.24) is 4.90 Å². The van der Waals surface area contributed by atoms with Crippen LogP contribution in [0.3, 0.4) is 0 Å². The molecule has 238 valence electrons. The molecule has 0 radical (unpaired) electrons. The van der Waals surface area contributed by atoms with E-state index >= 15 is 4.11 Å².